The predicted octanol–water partition coefficient (Wildman–Crippen LogP) is 0.402. The number of quaternary nitrogens is 1. The molecule has 0 saturated heterocycles. The molecule has 0 heterocycles. The molecule has 0 aliphatic rings. The number of halogens is 1. The summed E-state index contributed by atoms with van der Waals surface area (Å²) in [5.41, 5.74) is 3.83. The molecule has 0 aromatic heterocycles. The summed E-state index contributed by atoms with van der Waals surface area (Å²) in [4.78, 5) is 0. The Morgan fingerprint density at radius 1 is 1.83 bits per heavy atom. The smallest absolute Gasteiger partial charge is 0.0939 e. The van der Waals surface area contributed by atoms with Crippen molar-refractivity contribution in [3.63, 3.8) is 0 Å². The number of hydrogen-bond acceptors (Lipinski definition) is 0. The number of alkyl halides is 1. The summed E-state index contributed by atoms with van der Waals surface area (Å²) in [5.74, 6) is 0. The second-order valence-corrected chi connectivity index (χ2v) is 2.08. The van der Waals surface area contributed by atoms with Crippen LogP contribution in [0, 0.1) is 0 Å². The zero-order valence-corrected chi connectivity index (χ0v) is 5.66. The van der Waals surface area contributed by atoms with Gasteiger partial charge >= 0.3 is 0 Å². The first-order valence-electron chi connectivity index (χ1n) is 2.20. The molecule has 3 N–H and O–H groups in total. The van der Waals surface area contributed by atoms with Gasteiger partial charge in [-0.3, -0.25) is 0 Å². The Labute approximate surface area is 47.0 Å². The molecule has 2 heteroatoms. The third-order valence-corrected chi connectivity index (χ3v) is 1.71. The van der Waals surface area contributed by atoms with E-state index < -0.39 is 0 Å². The molecule has 0 spiro atoms. The molecule has 0 rings (SSSR count). The van der Waals surface area contributed by atoms with E-state index in [1.807, 2.05) is 0 Å². The average Bonchev–Trinajstić information content (AvgIpc) is 1.65. The quantitative estimate of drug-likeness (QED) is 0.556. The molecule has 0 aromatic carbocycles. The van der Waals surface area contributed by atoms with Gasteiger partial charge in [-0.2, -0.15) is 0 Å². The van der Waals surface area contributed by atoms with Gasteiger partial charge in [-0.25, -0.2) is 0 Å². The van der Waals surface area contributed by atoms with Gasteiger partial charge in [0.25, 0.3) is 0 Å². The van der Waals surface area contributed by atoms with Crippen LogP contribution >= 0.6 is 15.9 Å². The fourth-order valence-corrected chi connectivity index (χ4v) is 0.567. The lowest BCUT2D eigenvalue weighted by atomic mass is 10.3. The molecule has 0 aliphatic carbocycles. The minimum absolute atomic E-state index is 0.602. The van der Waals surface area contributed by atoms with Crippen LogP contribution in [0.1, 0.15) is 13.3 Å². The lowest BCUT2D eigenvalue weighted by Gasteiger charge is -1.94. The summed E-state index contributed by atoms with van der Waals surface area (Å²) in [7, 11) is 0. The van der Waals surface area contributed by atoms with E-state index in [4.69, 9.17) is 0 Å². The molecule has 6 heavy (non-hydrogen) atoms. The van der Waals surface area contributed by atoms with Gasteiger partial charge in [0, 0.05) is 0 Å². The van der Waals surface area contributed by atoms with Crippen LogP contribution in [0.15, 0.2) is 0 Å². The average molecular weight is 153 g/mol. The first-order valence-corrected chi connectivity index (χ1v) is 3.32. The maximum atomic E-state index is 3.83. The van der Waals surface area contributed by atoms with Crippen molar-refractivity contribution >= 4 is 15.9 Å². The molecule has 1 unspecified atom stereocenters. The third-order valence-electron chi connectivity index (χ3n) is 0.796. The highest BCUT2D eigenvalue weighted by Crippen LogP contribution is 1.86. The van der Waals surface area contributed by atoms with Gasteiger partial charge in [0.05, 0.1) is 11.4 Å². The van der Waals surface area contributed by atoms with Crippen molar-refractivity contribution in [1.82, 2.24) is 0 Å². The maximum absolute atomic E-state index is 3.83. The van der Waals surface area contributed by atoms with Gasteiger partial charge in [-0.1, -0.05) is 22.9 Å². The van der Waals surface area contributed by atoms with Crippen molar-refractivity contribution in [3.8, 4) is 0 Å². The summed E-state index contributed by atoms with van der Waals surface area (Å²) in [6.45, 7) is 2.14. The maximum Gasteiger partial charge on any atom is 0.0939 e. The molecule has 0 bridgehead atoms. The first kappa shape index (κ1) is 6.44. The highest BCUT2D eigenvalue weighted by atomic mass is 79.9. The second-order valence-electron chi connectivity index (χ2n) is 1.43. The van der Waals surface area contributed by atoms with E-state index in [1.165, 1.54) is 6.42 Å². The fraction of sp³-hybridized carbons (Fsp3) is 1.00. The second kappa shape index (κ2) is 3.62. The summed E-state index contributed by atoms with van der Waals surface area (Å²) >= 11 is 3.31. The summed E-state index contributed by atoms with van der Waals surface area (Å²) in [5, 5.41) is 1.03. The Morgan fingerprint density at radius 2 is 2.33 bits per heavy atom. The summed E-state index contributed by atoms with van der Waals surface area (Å²) in [6.07, 6.45) is 1.17. The molecular formula is C4H11BrN+. The van der Waals surface area contributed by atoms with Crippen LogP contribution in [0.25, 0.3) is 0 Å². The van der Waals surface area contributed by atoms with E-state index in [0.29, 0.717) is 6.04 Å². The first-order chi connectivity index (χ1) is 2.81. The van der Waals surface area contributed by atoms with E-state index in [1.54, 1.807) is 0 Å². The van der Waals surface area contributed by atoms with E-state index in [-0.39, 0.29) is 0 Å². The normalized spacial score (nSPS) is 14.5. The minimum atomic E-state index is 0.602. The molecule has 0 radical (unpaired) electrons. The monoisotopic (exact) mass is 152 g/mol. The molecule has 0 saturated carbocycles. The van der Waals surface area contributed by atoms with Crippen molar-refractivity contribution in [2.75, 3.05) is 5.33 Å². The lowest BCUT2D eigenvalue weighted by Crippen LogP contribution is -2.61. The Morgan fingerprint density at radius 3 is 2.33 bits per heavy atom. The van der Waals surface area contributed by atoms with Gasteiger partial charge in [0.2, 0.25) is 0 Å². The highest BCUT2D eigenvalue weighted by Gasteiger charge is 1.94. The Balaban J connectivity index is 2.75. The van der Waals surface area contributed by atoms with Gasteiger partial charge in [-0.05, 0) is 6.42 Å². The van der Waals surface area contributed by atoms with Gasteiger partial charge in [0.1, 0.15) is 0 Å². The summed E-state index contributed by atoms with van der Waals surface area (Å²) < 4.78 is 0. The molecule has 1 nitrogen and oxygen atoms in total. The molecular weight excluding hydrogens is 142 g/mol. The van der Waals surface area contributed by atoms with Crippen LogP contribution in [-0.4, -0.2) is 11.4 Å². The van der Waals surface area contributed by atoms with Gasteiger partial charge in [-0.15, -0.1) is 0 Å². The van der Waals surface area contributed by atoms with Crippen LogP contribution < -0.4 is 5.73 Å². The Hall–Kier alpha value is 0.440. The molecule has 1 atom stereocenters. The van der Waals surface area contributed by atoms with E-state index >= 15 is 0 Å². The molecule has 0 aromatic rings. The van der Waals surface area contributed by atoms with E-state index in [9.17, 15) is 0 Å². The van der Waals surface area contributed by atoms with Crippen LogP contribution in [0.5, 0.6) is 0 Å². The van der Waals surface area contributed by atoms with E-state index in [0.717, 1.165) is 5.33 Å². The van der Waals surface area contributed by atoms with Crippen molar-refractivity contribution < 1.29 is 5.73 Å². The molecule has 38 valence electrons. The van der Waals surface area contributed by atoms with Crippen LogP contribution in [0.4, 0.5) is 0 Å². The fourth-order valence-electron chi connectivity index (χ4n) is 0.109. The van der Waals surface area contributed by atoms with E-state index in [2.05, 4.69) is 28.6 Å². The topological polar surface area (TPSA) is 27.6 Å². The van der Waals surface area contributed by atoms with Crippen molar-refractivity contribution in [3.05, 3.63) is 0 Å². The van der Waals surface area contributed by atoms with Crippen molar-refractivity contribution in [2.24, 2.45) is 0 Å². The zero-order valence-electron chi connectivity index (χ0n) is 4.08. The Bertz CT molecular complexity index is 26.7. The highest BCUT2D eigenvalue weighted by molar-refractivity contribution is 9.09. The van der Waals surface area contributed by atoms with Gasteiger partial charge < -0.3 is 5.73 Å². The van der Waals surface area contributed by atoms with Gasteiger partial charge in [0.15, 0.2) is 0 Å². The summed E-state index contributed by atoms with van der Waals surface area (Å²) in [6, 6.07) is 0.602. The zero-order chi connectivity index (χ0) is 4.99. The molecule has 0 amide bonds. The van der Waals surface area contributed by atoms with Crippen molar-refractivity contribution in [2.45, 2.75) is 19.4 Å². The number of rotatable bonds is 2. The SMILES string of the molecule is CCC([NH3+])CBr. The predicted molar refractivity (Wildman–Crippen MR) is 30.8 cm³/mol. The molecule has 0 fully saturated rings. The van der Waals surface area contributed by atoms with Crippen molar-refractivity contribution in [1.29, 1.82) is 0 Å². The van der Waals surface area contributed by atoms with Crippen LogP contribution in [0.3, 0.4) is 0 Å². The standard InChI is InChI=1S/C4H10BrN/c1-2-4(6)3-5/h4H,2-3,6H2,1H3/p+1. The largest absolute Gasteiger partial charge is 0.354 e. The van der Waals surface area contributed by atoms with Crippen LogP contribution in [0.2, 0.25) is 0 Å². The number of hydrogen-bond donors (Lipinski definition) is 1. The Kier molecular flexibility index (Phi) is 3.89. The molecule has 0 aliphatic heterocycles. The third kappa shape index (κ3) is 2.67. The van der Waals surface area contributed by atoms with Crippen LogP contribution in [-0.2, 0) is 0 Å². The lowest BCUT2D eigenvalue weighted by molar-refractivity contribution is -0.412. The minimum Gasteiger partial charge on any atom is -0.354 e.